The first-order valence-electron chi connectivity index (χ1n) is 9.33. The minimum absolute atomic E-state index is 0.0333. The number of carbonyl (C=O) groups is 2. The number of hydrogen-bond donors (Lipinski definition) is 1. The highest BCUT2D eigenvalue weighted by molar-refractivity contribution is 5.95. The first-order valence-corrected chi connectivity index (χ1v) is 9.33. The van der Waals surface area contributed by atoms with Crippen LogP contribution in [0, 0.1) is 5.92 Å². The maximum atomic E-state index is 13.2. The van der Waals surface area contributed by atoms with Crippen molar-refractivity contribution in [2.24, 2.45) is 5.92 Å². The lowest BCUT2D eigenvalue weighted by Crippen LogP contribution is -2.47. The SMILES string of the molecule is CCCOc1cn(-c2ccccc2)nc1C(=O)N1CC(C(=O)O)CCC1C. The Morgan fingerprint density at radius 2 is 2.00 bits per heavy atom. The fourth-order valence-electron chi connectivity index (χ4n) is 3.26. The molecular formula is C20H25N3O4. The van der Waals surface area contributed by atoms with Crippen LogP contribution in [0.5, 0.6) is 5.75 Å². The lowest BCUT2D eigenvalue weighted by atomic mass is 9.93. The van der Waals surface area contributed by atoms with E-state index in [9.17, 15) is 14.7 Å². The normalized spacial score (nSPS) is 19.7. The Hall–Kier alpha value is -2.83. The van der Waals surface area contributed by atoms with Crippen LogP contribution >= 0.6 is 0 Å². The van der Waals surface area contributed by atoms with E-state index in [1.807, 2.05) is 44.2 Å². The second kappa shape index (κ2) is 8.24. The van der Waals surface area contributed by atoms with Crippen LogP contribution in [-0.4, -0.2) is 50.9 Å². The Labute approximate surface area is 158 Å². The number of para-hydroxylation sites is 1. The van der Waals surface area contributed by atoms with Crippen LogP contribution in [-0.2, 0) is 4.79 Å². The highest BCUT2D eigenvalue weighted by atomic mass is 16.5. The number of carbonyl (C=O) groups excluding carboxylic acids is 1. The van der Waals surface area contributed by atoms with Crippen LogP contribution in [0.25, 0.3) is 5.69 Å². The Balaban J connectivity index is 1.92. The van der Waals surface area contributed by atoms with E-state index in [0.29, 0.717) is 25.2 Å². The van der Waals surface area contributed by atoms with Gasteiger partial charge in [-0.15, -0.1) is 0 Å². The van der Waals surface area contributed by atoms with E-state index in [-0.39, 0.29) is 24.2 Å². The van der Waals surface area contributed by atoms with Crippen LogP contribution in [0.4, 0.5) is 0 Å². The zero-order valence-electron chi connectivity index (χ0n) is 15.7. The second-order valence-corrected chi connectivity index (χ2v) is 6.89. The van der Waals surface area contributed by atoms with E-state index < -0.39 is 11.9 Å². The fraction of sp³-hybridized carbons (Fsp3) is 0.450. The van der Waals surface area contributed by atoms with Crippen LogP contribution < -0.4 is 4.74 Å². The van der Waals surface area contributed by atoms with Gasteiger partial charge in [-0.3, -0.25) is 9.59 Å². The third-order valence-corrected chi connectivity index (χ3v) is 4.86. The monoisotopic (exact) mass is 371 g/mol. The molecule has 1 aromatic heterocycles. The van der Waals surface area contributed by atoms with Crippen LogP contribution in [0.2, 0.25) is 0 Å². The smallest absolute Gasteiger partial charge is 0.308 e. The van der Waals surface area contributed by atoms with E-state index in [4.69, 9.17) is 4.74 Å². The summed E-state index contributed by atoms with van der Waals surface area (Å²) in [6.07, 6.45) is 3.76. The van der Waals surface area contributed by atoms with Gasteiger partial charge in [0.15, 0.2) is 11.4 Å². The highest BCUT2D eigenvalue weighted by Gasteiger charge is 2.35. The zero-order chi connectivity index (χ0) is 19.4. The summed E-state index contributed by atoms with van der Waals surface area (Å²) >= 11 is 0. The molecular weight excluding hydrogens is 346 g/mol. The molecule has 0 bridgehead atoms. The number of nitrogens with zero attached hydrogens (tertiary/aromatic N) is 3. The van der Waals surface area contributed by atoms with Crippen LogP contribution in [0.15, 0.2) is 36.5 Å². The largest absolute Gasteiger partial charge is 0.489 e. The summed E-state index contributed by atoms with van der Waals surface area (Å²) in [6, 6.07) is 9.47. The molecule has 0 spiro atoms. The number of carboxylic acids is 1. The molecule has 2 atom stereocenters. The molecule has 2 heterocycles. The molecule has 3 rings (SSSR count). The predicted octanol–water partition coefficient (Wildman–Crippen LogP) is 2.99. The average Bonchev–Trinajstić information content (AvgIpc) is 3.11. The van der Waals surface area contributed by atoms with Crippen molar-refractivity contribution >= 4 is 11.9 Å². The number of hydrogen-bond acceptors (Lipinski definition) is 4. The molecule has 0 aliphatic carbocycles. The van der Waals surface area contributed by atoms with Crippen molar-refractivity contribution in [3.63, 3.8) is 0 Å². The summed E-state index contributed by atoms with van der Waals surface area (Å²) in [5.41, 5.74) is 1.05. The second-order valence-electron chi connectivity index (χ2n) is 6.89. The number of carboxylic acid groups (broad SMARTS) is 1. The van der Waals surface area contributed by atoms with Crippen molar-refractivity contribution in [3.8, 4) is 11.4 Å². The molecule has 1 aromatic carbocycles. The van der Waals surface area contributed by atoms with Crippen molar-refractivity contribution in [3.05, 3.63) is 42.2 Å². The average molecular weight is 371 g/mol. The molecule has 7 nitrogen and oxygen atoms in total. The molecule has 1 fully saturated rings. The Bertz CT molecular complexity index is 803. The Morgan fingerprint density at radius 3 is 2.67 bits per heavy atom. The van der Waals surface area contributed by atoms with E-state index in [1.165, 1.54) is 0 Å². The minimum Gasteiger partial charge on any atom is -0.489 e. The lowest BCUT2D eigenvalue weighted by molar-refractivity contribution is -0.143. The van der Waals surface area contributed by atoms with Crippen molar-refractivity contribution < 1.29 is 19.4 Å². The first-order chi connectivity index (χ1) is 13.0. The molecule has 7 heteroatoms. The van der Waals surface area contributed by atoms with Gasteiger partial charge in [-0.25, -0.2) is 4.68 Å². The van der Waals surface area contributed by atoms with Gasteiger partial charge >= 0.3 is 5.97 Å². The molecule has 1 saturated heterocycles. The summed E-state index contributed by atoms with van der Waals surface area (Å²) in [7, 11) is 0. The van der Waals surface area contributed by atoms with Crippen molar-refractivity contribution in [2.45, 2.75) is 39.2 Å². The van der Waals surface area contributed by atoms with Gasteiger partial charge in [-0.2, -0.15) is 5.10 Å². The molecule has 144 valence electrons. The molecule has 1 aliphatic heterocycles. The number of aromatic nitrogens is 2. The number of benzene rings is 1. The van der Waals surface area contributed by atoms with Gasteiger partial charge < -0.3 is 14.7 Å². The van der Waals surface area contributed by atoms with Gasteiger partial charge in [0.25, 0.3) is 5.91 Å². The van der Waals surface area contributed by atoms with E-state index in [0.717, 1.165) is 12.1 Å². The van der Waals surface area contributed by atoms with Crippen molar-refractivity contribution in [1.29, 1.82) is 0 Å². The molecule has 27 heavy (non-hydrogen) atoms. The number of piperidine rings is 1. The first kappa shape index (κ1) is 18.9. The number of aliphatic carboxylic acids is 1. The minimum atomic E-state index is -0.864. The van der Waals surface area contributed by atoms with Crippen LogP contribution in [0.3, 0.4) is 0 Å². The fourth-order valence-corrected chi connectivity index (χ4v) is 3.26. The van der Waals surface area contributed by atoms with Gasteiger partial charge in [-0.1, -0.05) is 25.1 Å². The molecule has 2 aromatic rings. The molecule has 0 saturated carbocycles. The van der Waals surface area contributed by atoms with Gasteiger partial charge in [0, 0.05) is 12.6 Å². The van der Waals surface area contributed by atoms with Gasteiger partial charge in [0.2, 0.25) is 0 Å². The third kappa shape index (κ3) is 4.13. The number of amides is 1. The third-order valence-electron chi connectivity index (χ3n) is 4.86. The summed E-state index contributed by atoms with van der Waals surface area (Å²) < 4.78 is 7.39. The zero-order valence-corrected chi connectivity index (χ0v) is 15.7. The lowest BCUT2D eigenvalue weighted by Gasteiger charge is -2.36. The standard InChI is InChI=1S/C20H25N3O4/c1-3-11-27-17-13-23(16-7-5-4-6-8-16)21-18(17)19(24)22-12-15(20(25)26)10-9-14(22)2/h4-8,13-15H,3,9-12H2,1-2H3,(H,25,26). The highest BCUT2D eigenvalue weighted by Crippen LogP contribution is 2.27. The van der Waals surface area contributed by atoms with E-state index in [2.05, 4.69) is 5.10 Å². The van der Waals surface area contributed by atoms with Crippen LogP contribution in [0.1, 0.15) is 43.6 Å². The van der Waals surface area contributed by atoms with Gasteiger partial charge in [-0.05, 0) is 38.3 Å². The molecule has 0 radical (unpaired) electrons. The summed E-state index contributed by atoms with van der Waals surface area (Å²) in [6.45, 7) is 4.61. The topological polar surface area (TPSA) is 84.7 Å². The quantitative estimate of drug-likeness (QED) is 0.844. The molecule has 1 amide bonds. The number of likely N-dealkylation sites (tertiary alicyclic amines) is 1. The number of rotatable bonds is 6. The van der Waals surface area contributed by atoms with E-state index >= 15 is 0 Å². The maximum absolute atomic E-state index is 13.2. The summed E-state index contributed by atoms with van der Waals surface area (Å²) in [5.74, 6) is -1.26. The van der Waals surface area contributed by atoms with Gasteiger partial charge in [0.05, 0.1) is 24.4 Å². The van der Waals surface area contributed by atoms with Gasteiger partial charge in [0.1, 0.15) is 0 Å². The van der Waals surface area contributed by atoms with E-state index in [1.54, 1.807) is 15.8 Å². The molecule has 2 unspecified atom stereocenters. The summed E-state index contributed by atoms with van der Waals surface area (Å²) in [4.78, 5) is 26.2. The maximum Gasteiger partial charge on any atom is 0.308 e. The van der Waals surface area contributed by atoms with Crippen molar-refractivity contribution in [2.75, 3.05) is 13.2 Å². The molecule has 1 N–H and O–H groups in total. The predicted molar refractivity (Wildman–Crippen MR) is 100 cm³/mol. The molecule has 1 aliphatic rings. The van der Waals surface area contributed by atoms with Crippen molar-refractivity contribution in [1.82, 2.24) is 14.7 Å². The number of ether oxygens (including phenoxy) is 1. The summed E-state index contributed by atoms with van der Waals surface area (Å²) in [5, 5.41) is 13.8. The Kier molecular flexibility index (Phi) is 5.78. The Morgan fingerprint density at radius 1 is 1.26 bits per heavy atom.